The van der Waals surface area contributed by atoms with Crippen molar-refractivity contribution in [1.29, 1.82) is 0 Å². The zero-order valence-corrected chi connectivity index (χ0v) is 13.8. The second kappa shape index (κ2) is 6.36. The van der Waals surface area contributed by atoms with Gasteiger partial charge in [-0.25, -0.2) is 4.98 Å². The third-order valence-electron chi connectivity index (χ3n) is 3.56. The van der Waals surface area contributed by atoms with Crippen molar-refractivity contribution in [2.45, 2.75) is 30.7 Å². The molecule has 0 atom stereocenters. The molecule has 0 aliphatic heterocycles. The molecule has 0 unspecified atom stereocenters. The third-order valence-corrected chi connectivity index (χ3v) is 4.52. The second-order valence-electron chi connectivity index (χ2n) is 5.44. The topological polar surface area (TPSA) is 48.5 Å². The highest BCUT2D eigenvalue weighted by Gasteiger charge is 2.12. The van der Waals surface area contributed by atoms with E-state index in [9.17, 15) is 0 Å². The van der Waals surface area contributed by atoms with Gasteiger partial charge in [0, 0.05) is 19.4 Å². The minimum Gasteiger partial charge on any atom is -0.320 e. The van der Waals surface area contributed by atoms with Crippen LogP contribution in [0.15, 0.2) is 48.1 Å². The number of hydrogen-bond acceptors (Lipinski definition) is 4. The first-order chi connectivity index (χ1) is 10.7. The number of para-hydroxylation sites is 1. The summed E-state index contributed by atoms with van der Waals surface area (Å²) in [6.07, 6.45) is 5.58. The Morgan fingerprint density at radius 2 is 2.05 bits per heavy atom. The lowest BCUT2D eigenvalue weighted by Gasteiger charge is -2.15. The molecule has 5 nitrogen and oxygen atoms in total. The number of nitrogens with zero attached hydrogens (tertiary/aromatic N) is 5. The molecule has 2 heterocycles. The average Bonchev–Trinajstić information content (AvgIpc) is 3.13. The largest absolute Gasteiger partial charge is 0.320 e. The predicted molar refractivity (Wildman–Crippen MR) is 88.2 cm³/mol. The highest BCUT2D eigenvalue weighted by atomic mass is 32.2. The minimum absolute atomic E-state index is 0.468. The van der Waals surface area contributed by atoms with E-state index in [1.165, 1.54) is 11.3 Å². The zero-order chi connectivity index (χ0) is 15.5. The van der Waals surface area contributed by atoms with Crippen LogP contribution in [0.25, 0.3) is 5.69 Å². The molecule has 0 amide bonds. The van der Waals surface area contributed by atoms with Crippen LogP contribution in [0.4, 0.5) is 0 Å². The van der Waals surface area contributed by atoms with Gasteiger partial charge in [-0.2, -0.15) is 0 Å². The summed E-state index contributed by atoms with van der Waals surface area (Å²) < 4.78 is 4.08. The van der Waals surface area contributed by atoms with E-state index in [1.807, 2.05) is 24.0 Å². The van der Waals surface area contributed by atoms with Crippen LogP contribution in [0.5, 0.6) is 0 Å². The molecular weight excluding hydrogens is 294 g/mol. The van der Waals surface area contributed by atoms with Crippen LogP contribution < -0.4 is 0 Å². The van der Waals surface area contributed by atoms with Crippen LogP contribution in [0.1, 0.15) is 31.2 Å². The van der Waals surface area contributed by atoms with E-state index in [4.69, 9.17) is 0 Å². The van der Waals surface area contributed by atoms with Crippen LogP contribution in [-0.4, -0.2) is 24.3 Å². The van der Waals surface area contributed by atoms with Gasteiger partial charge in [-0.3, -0.25) is 4.57 Å². The van der Waals surface area contributed by atoms with Gasteiger partial charge in [0.05, 0.1) is 11.4 Å². The van der Waals surface area contributed by atoms with Gasteiger partial charge in [0.2, 0.25) is 0 Å². The Hall–Kier alpha value is -2.08. The van der Waals surface area contributed by atoms with Gasteiger partial charge in [-0.15, -0.1) is 10.2 Å². The molecule has 0 radical (unpaired) electrons. The van der Waals surface area contributed by atoms with Gasteiger partial charge >= 0.3 is 0 Å². The van der Waals surface area contributed by atoms with Crippen LogP contribution in [-0.2, 0) is 12.8 Å². The molecule has 0 N–H and O–H groups in total. The molecule has 6 heteroatoms. The number of aromatic nitrogens is 5. The maximum absolute atomic E-state index is 4.49. The number of thioether (sulfide) groups is 1. The molecule has 0 saturated carbocycles. The monoisotopic (exact) mass is 313 g/mol. The molecular formula is C16H19N5S. The Balaban J connectivity index is 1.88. The SMILES string of the molecule is CC(C)c1ccccc1-n1ccnc1SCc1nncn1C. The van der Waals surface area contributed by atoms with Crippen molar-refractivity contribution in [3.8, 4) is 5.69 Å². The summed E-state index contributed by atoms with van der Waals surface area (Å²) in [7, 11) is 1.95. The molecule has 0 bridgehead atoms. The van der Waals surface area contributed by atoms with Gasteiger partial charge in [0.25, 0.3) is 0 Å². The van der Waals surface area contributed by atoms with Crippen LogP contribution >= 0.6 is 11.8 Å². The Morgan fingerprint density at radius 1 is 1.23 bits per heavy atom. The van der Waals surface area contributed by atoms with Crippen LogP contribution in [0.3, 0.4) is 0 Å². The van der Waals surface area contributed by atoms with E-state index in [0.29, 0.717) is 5.92 Å². The summed E-state index contributed by atoms with van der Waals surface area (Å²) in [5.41, 5.74) is 2.51. The summed E-state index contributed by atoms with van der Waals surface area (Å²) in [6.45, 7) is 4.42. The zero-order valence-electron chi connectivity index (χ0n) is 13.0. The first-order valence-corrected chi connectivity index (χ1v) is 8.23. The van der Waals surface area contributed by atoms with E-state index in [0.717, 1.165) is 16.7 Å². The van der Waals surface area contributed by atoms with Gasteiger partial charge in [-0.05, 0) is 17.5 Å². The predicted octanol–water partition coefficient (Wildman–Crippen LogP) is 3.42. The standard InChI is InChI=1S/C16H19N5S/c1-12(2)13-6-4-5-7-14(13)21-9-8-17-16(21)22-10-15-19-18-11-20(15)3/h4-9,11-12H,10H2,1-3H3. The molecule has 3 rings (SSSR count). The van der Waals surface area contributed by atoms with Crippen molar-refractivity contribution in [2.24, 2.45) is 7.05 Å². The molecule has 0 fully saturated rings. The van der Waals surface area contributed by atoms with E-state index in [-0.39, 0.29) is 0 Å². The van der Waals surface area contributed by atoms with Crippen molar-refractivity contribution in [3.05, 3.63) is 54.4 Å². The van der Waals surface area contributed by atoms with Crippen molar-refractivity contribution in [2.75, 3.05) is 0 Å². The van der Waals surface area contributed by atoms with Crippen LogP contribution in [0, 0.1) is 0 Å². The molecule has 0 spiro atoms. The molecule has 0 aliphatic rings. The quantitative estimate of drug-likeness (QED) is 0.677. The molecule has 2 aromatic heterocycles. The van der Waals surface area contributed by atoms with Gasteiger partial charge in [0.15, 0.2) is 5.16 Å². The summed E-state index contributed by atoms with van der Waals surface area (Å²) in [6, 6.07) is 8.47. The number of aryl methyl sites for hydroxylation is 1. The highest BCUT2D eigenvalue weighted by molar-refractivity contribution is 7.98. The van der Waals surface area contributed by atoms with E-state index < -0.39 is 0 Å². The highest BCUT2D eigenvalue weighted by Crippen LogP contribution is 2.28. The summed E-state index contributed by atoms with van der Waals surface area (Å²) in [5, 5.41) is 9.00. The fourth-order valence-electron chi connectivity index (χ4n) is 2.34. The molecule has 3 aromatic rings. The van der Waals surface area contributed by atoms with Gasteiger partial charge in [-0.1, -0.05) is 43.8 Å². The lowest BCUT2D eigenvalue weighted by atomic mass is 10.0. The Kier molecular flexibility index (Phi) is 4.29. The van der Waals surface area contributed by atoms with Crippen molar-refractivity contribution >= 4 is 11.8 Å². The molecule has 1 aromatic carbocycles. The normalized spacial score (nSPS) is 11.3. The van der Waals surface area contributed by atoms with Crippen LogP contribution in [0.2, 0.25) is 0 Å². The maximum Gasteiger partial charge on any atom is 0.173 e. The number of benzene rings is 1. The molecule has 22 heavy (non-hydrogen) atoms. The first kappa shape index (κ1) is 14.8. The molecule has 114 valence electrons. The van der Waals surface area contributed by atoms with E-state index >= 15 is 0 Å². The van der Waals surface area contributed by atoms with Crippen molar-refractivity contribution < 1.29 is 0 Å². The second-order valence-corrected chi connectivity index (χ2v) is 6.38. The van der Waals surface area contributed by atoms with Crippen molar-refractivity contribution in [3.63, 3.8) is 0 Å². The summed E-state index contributed by atoms with van der Waals surface area (Å²) in [4.78, 5) is 4.49. The third kappa shape index (κ3) is 2.92. The fraction of sp³-hybridized carbons (Fsp3) is 0.312. The maximum atomic E-state index is 4.49. The Labute approximate surface area is 134 Å². The minimum atomic E-state index is 0.468. The Morgan fingerprint density at radius 3 is 2.77 bits per heavy atom. The lowest BCUT2D eigenvalue weighted by molar-refractivity contribution is 0.814. The number of imidazole rings is 1. The average molecular weight is 313 g/mol. The number of hydrogen-bond donors (Lipinski definition) is 0. The number of rotatable bonds is 5. The summed E-state index contributed by atoms with van der Waals surface area (Å²) in [5.74, 6) is 2.16. The van der Waals surface area contributed by atoms with E-state index in [1.54, 1.807) is 18.1 Å². The Bertz CT molecular complexity index is 759. The molecule has 0 saturated heterocycles. The van der Waals surface area contributed by atoms with Gasteiger partial charge in [0.1, 0.15) is 12.2 Å². The lowest BCUT2D eigenvalue weighted by Crippen LogP contribution is -2.02. The molecule has 0 aliphatic carbocycles. The smallest absolute Gasteiger partial charge is 0.173 e. The van der Waals surface area contributed by atoms with Gasteiger partial charge < -0.3 is 4.57 Å². The summed E-state index contributed by atoms with van der Waals surface area (Å²) >= 11 is 1.67. The first-order valence-electron chi connectivity index (χ1n) is 7.25. The van der Waals surface area contributed by atoms with Crippen molar-refractivity contribution in [1.82, 2.24) is 24.3 Å². The fourth-order valence-corrected chi connectivity index (χ4v) is 3.30. The van der Waals surface area contributed by atoms with E-state index in [2.05, 4.69) is 57.9 Å².